The van der Waals surface area contributed by atoms with Gasteiger partial charge in [0.15, 0.2) is 0 Å². The SMILES string of the molecule is C=CCOCC(CC)COC(=O)NC1CC(C)(C)CC(C)(CNC(=O)OCC(CC)(COCC=C)COCC=C)C1. The Bertz CT molecular complexity index is 802. The maximum Gasteiger partial charge on any atom is 0.407 e. The first-order chi connectivity index (χ1) is 19.5. The predicted molar refractivity (Wildman–Crippen MR) is 163 cm³/mol. The molecular formula is C32H56N2O7. The van der Waals surface area contributed by atoms with Gasteiger partial charge in [0.05, 0.1) is 51.7 Å². The highest BCUT2D eigenvalue weighted by Crippen LogP contribution is 2.45. The Labute approximate surface area is 248 Å². The zero-order valence-electron chi connectivity index (χ0n) is 26.3. The number of rotatable bonds is 21. The summed E-state index contributed by atoms with van der Waals surface area (Å²) < 4.78 is 28.1. The number of hydrogen-bond acceptors (Lipinski definition) is 7. The second kappa shape index (κ2) is 18.9. The summed E-state index contributed by atoms with van der Waals surface area (Å²) in [4.78, 5) is 25.4. The number of carbonyl (C=O) groups is 2. The van der Waals surface area contributed by atoms with Gasteiger partial charge < -0.3 is 34.3 Å². The number of nitrogens with one attached hydrogen (secondary N) is 2. The van der Waals surface area contributed by atoms with Gasteiger partial charge in [-0.05, 0) is 42.9 Å². The van der Waals surface area contributed by atoms with E-state index in [4.69, 9.17) is 23.7 Å². The molecule has 0 heterocycles. The van der Waals surface area contributed by atoms with Gasteiger partial charge in [0.1, 0.15) is 6.61 Å². The highest BCUT2D eigenvalue weighted by atomic mass is 16.6. The van der Waals surface area contributed by atoms with Crippen molar-refractivity contribution in [3.63, 3.8) is 0 Å². The molecule has 9 heteroatoms. The maximum absolute atomic E-state index is 12.8. The van der Waals surface area contributed by atoms with Crippen molar-refractivity contribution in [2.45, 2.75) is 72.8 Å². The van der Waals surface area contributed by atoms with Gasteiger partial charge >= 0.3 is 12.2 Å². The minimum Gasteiger partial charge on any atom is -0.449 e. The van der Waals surface area contributed by atoms with Gasteiger partial charge in [0.25, 0.3) is 0 Å². The largest absolute Gasteiger partial charge is 0.449 e. The van der Waals surface area contributed by atoms with Crippen LogP contribution in [0.3, 0.4) is 0 Å². The van der Waals surface area contributed by atoms with Crippen molar-refractivity contribution in [1.82, 2.24) is 10.6 Å². The molecule has 3 unspecified atom stereocenters. The molecule has 236 valence electrons. The van der Waals surface area contributed by atoms with E-state index in [0.29, 0.717) is 59.2 Å². The molecule has 41 heavy (non-hydrogen) atoms. The van der Waals surface area contributed by atoms with Crippen LogP contribution >= 0.6 is 0 Å². The molecule has 1 rings (SSSR count). The minimum absolute atomic E-state index is 0.0244. The summed E-state index contributed by atoms with van der Waals surface area (Å²) in [6.07, 6.45) is 8.20. The van der Waals surface area contributed by atoms with Crippen LogP contribution in [0.15, 0.2) is 38.0 Å². The number of ether oxygens (including phenoxy) is 5. The fraction of sp³-hybridized carbons (Fsp3) is 0.750. The van der Waals surface area contributed by atoms with Crippen LogP contribution in [0, 0.1) is 22.2 Å². The standard InChI is InChI=1S/C32H56N2O7/c1-9-14-37-19-26(12-4)20-40-29(36)34-27-17-30(6,7)21-31(8,18-27)22-33-28(35)41-25-32(13-5,23-38-15-10-2)24-39-16-11-3/h9-11,26-27H,1-3,12-25H2,4-8H3,(H,33,35)(H,34,36). The van der Waals surface area contributed by atoms with Crippen LogP contribution in [0.1, 0.15) is 66.7 Å². The maximum atomic E-state index is 12.8. The number of hydrogen-bond donors (Lipinski definition) is 2. The Balaban J connectivity index is 2.67. The van der Waals surface area contributed by atoms with Gasteiger partial charge in [-0.2, -0.15) is 0 Å². The van der Waals surface area contributed by atoms with E-state index in [0.717, 1.165) is 25.7 Å². The Morgan fingerprint density at radius 2 is 1.49 bits per heavy atom. The normalized spacial score (nSPS) is 20.9. The fourth-order valence-electron chi connectivity index (χ4n) is 5.58. The van der Waals surface area contributed by atoms with E-state index >= 15 is 0 Å². The van der Waals surface area contributed by atoms with E-state index in [1.165, 1.54) is 0 Å². The monoisotopic (exact) mass is 580 g/mol. The molecule has 1 saturated carbocycles. The Morgan fingerprint density at radius 3 is 2.05 bits per heavy atom. The van der Waals surface area contributed by atoms with Gasteiger partial charge in [-0.15, -0.1) is 19.7 Å². The third-order valence-electron chi connectivity index (χ3n) is 7.59. The van der Waals surface area contributed by atoms with Crippen molar-refractivity contribution in [2.24, 2.45) is 22.2 Å². The van der Waals surface area contributed by atoms with Crippen molar-refractivity contribution in [3.8, 4) is 0 Å². The van der Waals surface area contributed by atoms with Crippen LogP contribution < -0.4 is 10.6 Å². The Hall–Kier alpha value is -2.36. The van der Waals surface area contributed by atoms with E-state index in [-0.39, 0.29) is 29.4 Å². The molecular weight excluding hydrogens is 524 g/mol. The lowest BCUT2D eigenvalue weighted by atomic mass is 9.62. The lowest BCUT2D eigenvalue weighted by Gasteiger charge is -2.46. The Morgan fingerprint density at radius 1 is 0.878 bits per heavy atom. The molecule has 0 aromatic rings. The van der Waals surface area contributed by atoms with Crippen LogP contribution in [-0.2, 0) is 23.7 Å². The molecule has 3 atom stereocenters. The van der Waals surface area contributed by atoms with Gasteiger partial charge in [-0.3, -0.25) is 0 Å². The second-order valence-corrected chi connectivity index (χ2v) is 12.5. The van der Waals surface area contributed by atoms with Crippen molar-refractivity contribution >= 4 is 12.2 Å². The van der Waals surface area contributed by atoms with Crippen LogP contribution in [0.4, 0.5) is 9.59 Å². The molecule has 1 aliphatic carbocycles. The van der Waals surface area contributed by atoms with E-state index in [1.54, 1.807) is 18.2 Å². The average Bonchev–Trinajstić information content (AvgIpc) is 2.91. The molecule has 1 fully saturated rings. The van der Waals surface area contributed by atoms with Crippen molar-refractivity contribution in [3.05, 3.63) is 38.0 Å². The zero-order chi connectivity index (χ0) is 30.8. The molecule has 1 aliphatic rings. The van der Waals surface area contributed by atoms with E-state index < -0.39 is 17.6 Å². The van der Waals surface area contributed by atoms with Crippen LogP contribution in [0.5, 0.6) is 0 Å². The molecule has 0 saturated heterocycles. The average molecular weight is 581 g/mol. The van der Waals surface area contributed by atoms with Crippen LogP contribution in [-0.4, -0.2) is 77.6 Å². The molecule has 0 radical (unpaired) electrons. The molecule has 0 aliphatic heterocycles. The van der Waals surface area contributed by atoms with Crippen LogP contribution in [0.25, 0.3) is 0 Å². The number of amides is 2. The molecule has 0 bridgehead atoms. The molecule has 0 aromatic carbocycles. The molecule has 0 spiro atoms. The summed E-state index contributed by atoms with van der Waals surface area (Å²) in [6.45, 7) is 25.1. The first kappa shape index (κ1) is 36.7. The highest BCUT2D eigenvalue weighted by molar-refractivity contribution is 5.68. The molecule has 0 aromatic heterocycles. The quantitative estimate of drug-likeness (QED) is 0.126. The first-order valence-corrected chi connectivity index (χ1v) is 14.9. The summed E-state index contributed by atoms with van der Waals surface area (Å²) in [5.74, 6) is 0.137. The van der Waals surface area contributed by atoms with Crippen LogP contribution in [0.2, 0.25) is 0 Å². The van der Waals surface area contributed by atoms with Gasteiger partial charge in [0.2, 0.25) is 0 Å². The van der Waals surface area contributed by atoms with Gasteiger partial charge in [0, 0.05) is 18.5 Å². The summed E-state index contributed by atoms with van der Waals surface area (Å²) in [6, 6.07) is -0.0667. The van der Waals surface area contributed by atoms with Crippen molar-refractivity contribution in [1.29, 1.82) is 0 Å². The summed E-state index contributed by atoms with van der Waals surface area (Å²) in [7, 11) is 0. The smallest absolute Gasteiger partial charge is 0.407 e. The molecule has 9 nitrogen and oxygen atoms in total. The third kappa shape index (κ3) is 14.9. The third-order valence-corrected chi connectivity index (χ3v) is 7.59. The lowest BCUT2D eigenvalue weighted by Crippen LogP contribution is -2.50. The zero-order valence-corrected chi connectivity index (χ0v) is 26.3. The highest BCUT2D eigenvalue weighted by Gasteiger charge is 2.42. The van der Waals surface area contributed by atoms with E-state index in [9.17, 15) is 9.59 Å². The van der Waals surface area contributed by atoms with E-state index in [1.807, 2.05) is 13.8 Å². The topological polar surface area (TPSA) is 104 Å². The number of carbonyl (C=O) groups excluding carboxylic acids is 2. The summed E-state index contributed by atoms with van der Waals surface area (Å²) in [5, 5.41) is 6.03. The minimum atomic E-state index is -0.479. The first-order valence-electron chi connectivity index (χ1n) is 14.9. The number of alkyl carbamates (subject to hydrolysis) is 2. The van der Waals surface area contributed by atoms with Gasteiger partial charge in [-0.1, -0.05) is 52.8 Å². The molecule has 2 amide bonds. The van der Waals surface area contributed by atoms with Crippen molar-refractivity contribution in [2.75, 3.05) is 59.4 Å². The van der Waals surface area contributed by atoms with Crippen molar-refractivity contribution < 1.29 is 33.3 Å². The lowest BCUT2D eigenvalue weighted by molar-refractivity contribution is -0.0466. The Kier molecular flexibility index (Phi) is 16.9. The molecule has 2 N–H and O–H groups in total. The summed E-state index contributed by atoms with van der Waals surface area (Å²) >= 11 is 0. The predicted octanol–water partition coefficient (Wildman–Crippen LogP) is 6.05. The van der Waals surface area contributed by atoms with Gasteiger partial charge in [-0.25, -0.2) is 9.59 Å². The summed E-state index contributed by atoms with van der Waals surface area (Å²) in [5.41, 5.74) is -0.724. The fourth-order valence-corrected chi connectivity index (χ4v) is 5.58. The van der Waals surface area contributed by atoms with E-state index in [2.05, 4.69) is 51.1 Å². The second-order valence-electron chi connectivity index (χ2n) is 12.5.